The molecule has 2 aliphatic rings. The molecule has 0 saturated carbocycles. The molecule has 0 bridgehead atoms. The first kappa shape index (κ1) is 31.1. The maximum absolute atomic E-state index is 11.9. The van der Waals surface area contributed by atoms with Crippen LogP contribution in [0.5, 0.6) is 23.3 Å². The van der Waals surface area contributed by atoms with Crippen molar-refractivity contribution in [2.24, 2.45) is 0 Å². The van der Waals surface area contributed by atoms with Gasteiger partial charge in [0.1, 0.15) is 17.1 Å². The Morgan fingerprint density at radius 3 is 1.98 bits per heavy atom. The first-order valence-corrected chi connectivity index (χ1v) is 18.5. The van der Waals surface area contributed by atoms with Gasteiger partial charge in [-0.25, -0.2) is 0 Å². The van der Waals surface area contributed by atoms with Gasteiger partial charge in [0.25, 0.3) is 8.32 Å². The molecule has 0 radical (unpaired) electrons. The minimum Gasteiger partial charge on any atom is -0.543 e. The number of rotatable bonds is 8. The fraction of sp³-hybridized carbons (Fsp3) is 0.385. The lowest BCUT2D eigenvalue weighted by Crippen LogP contribution is -2.50. The van der Waals surface area contributed by atoms with Crippen molar-refractivity contribution in [2.45, 2.75) is 96.0 Å². The highest BCUT2D eigenvalue weighted by Crippen LogP contribution is 2.60. The summed E-state index contributed by atoms with van der Waals surface area (Å²) < 4.78 is 15.5. The molecule has 2 atom stereocenters. The van der Waals surface area contributed by atoms with E-state index in [2.05, 4.69) is 91.8 Å². The topological polar surface area (TPSA) is 63.8 Å². The molecule has 5 nitrogen and oxygen atoms in total. The number of benzene rings is 3. The minimum atomic E-state index is -2.16. The Labute approximate surface area is 269 Å². The first-order valence-electron chi connectivity index (χ1n) is 16.3. The largest absolute Gasteiger partial charge is 0.543 e. The molecule has 0 saturated heterocycles. The zero-order valence-corrected chi connectivity index (χ0v) is 28.8. The van der Waals surface area contributed by atoms with Gasteiger partial charge in [-0.1, -0.05) is 108 Å². The summed E-state index contributed by atoms with van der Waals surface area (Å²) in [6.07, 6.45) is 2.27. The van der Waals surface area contributed by atoms with Gasteiger partial charge in [0.15, 0.2) is 11.8 Å². The van der Waals surface area contributed by atoms with Gasteiger partial charge in [-0.2, -0.15) is 0 Å². The number of hydrogen-bond acceptors (Lipinski definition) is 4. The van der Waals surface area contributed by atoms with Crippen LogP contribution < -0.4 is 9.16 Å². The summed E-state index contributed by atoms with van der Waals surface area (Å²) >= 11 is 0. The normalized spacial score (nSPS) is 18.7. The van der Waals surface area contributed by atoms with Crippen molar-refractivity contribution >= 4 is 13.9 Å². The average Bonchev–Trinajstić information content (AvgIpc) is 3.24. The fourth-order valence-electron chi connectivity index (χ4n) is 8.33. The van der Waals surface area contributed by atoms with Gasteiger partial charge in [-0.15, -0.1) is 0 Å². The first-order chi connectivity index (χ1) is 21.4. The molecule has 6 heteroatoms. The van der Waals surface area contributed by atoms with Gasteiger partial charge in [-0.05, 0) is 59.3 Å². The van der Waals surface area contributed by atoms with Gasteiger partial charge in [0.05, 0.1) is 12.5 Å². The molecule has 1 aromatic heterocycles. The van der Waals surface area contributed by atoms with Crippen LogP contribution in [0.4, 0.5) is 0 Å². The van der Waals surface area contributed by atoms with E-state index in [1.165, 1.54) is 0 Å². The van der Waals surface area contributed by atoms with Gasteiger partial charge < -0.3 is 19.4 Å². The zero-order valence-electron chi connectivity index (χ0n) is 27.8. The van der Waals surface area contributed by atoms with E-state index in [1.807, 2.05) is 48.5 Å². The van der Waals surface area contributed by atoms with Gasteiger partial charge >= 0.3 is 0 Å². The summed E-state index contributed by atoms with van der Waals surface area (Å²) in [4.78, 5) is 0. The van der Waals surface area contributed by atoms with Crippen molar-refractivity contribution in [3.8, 4) is 23.3 Å². The van der Waals surface area contributed by atoms with E-state index in [1.54, 1.807) is 4.57 Å². The lowest BCUT2D eigenvalue weighted by atomic mass is 9.67. The number of nitrogens with zero attached hydrogens (tertiary/aromatic N) is 1. The third kappa shape index (κ3) is 5.07. The molecule has 0 unspecified atom stereocenters. The summed E-state index contributed by atoms with van der Waals surface area (Å²) in [6.45, 7) is 18.3. The molecule has 2 N–H and O–H groups in total. The van der Waals surface area contributed by atoms with Crippen LogP contribution >= 0.6 is 0 Å². The Kier molecular flexibility index (Phi) is 7.93. The van der Waals surface area contributed by atoms with Crippen LogP contribution in [-0.2, 0) is 6.54 Å². The maximum atomic E-state index is 11.9. The predicted octanol–water partition coefficient (Wildman–Crippen LogP) is 9.99. The molecule has 0 spiro atoms. The SMILES string of the molecule is CC(C)[Si](Oc1ccc2c(c1)OC(C)(C)[C@@H]1C2=C[C@H](c2ccccc2)c2c1c(O)n(Cc1ccccc1)c2O)(C(C)C)C(C)C. The van der Waals surface area contributed by atoms with Crippen molar-refractivity contribution in [1.29, 1.82) is 0 Å². The third-order valence-electron chi connectivity index (χ3n) is 10.2. The van der Waals surface area contributed by atoms with Crippen molar-refractivity contribution in [1.82, 2.24) is 4.57 Å². The molecule has 4 aromatic rings. The molecular formula is C39H47NO4Si. The van der Waals surface area contributed by atoms with E-state index < -0.39 is 13.9 Å². The summed E-state index contributed by atoms with van der Waals surface area (Å²) in [5, 5.41) is 23.7. The van der Waals surface area contributed by atoms with Crippen LogP contribution in [0.1, 0.15) is 95.0 Å². The molecule has 45 heavy (non-hydrogen) atoms. The highest BCUT2D eigenvalue weighted by atomic mass is 28.4. The molecule has 1 aliphatic heterocycles. The molecule has 0 fully saturated rings. The number of aromatic nitrogens is 1. The quantitative estimate of drug-likeness (QED) is 0.192. The Balaban J connectivity index is 1.51. The fourth-order valence-corrected chi connectivity index (χ4v) is 13.6. The highest BCUT2D eigenvalue weighted by molar-refractivity contribution is 6.78. The van der Waals surface area contributed by atoms with Crippen LogP contribution in [-0.4, -0.2) is 28.7 Å². The van der Waals surface area contributed by atoms with Gasteiger partial charge in [0.2, 0.25) is 0 Å². The van der Waals surface area contributed by atoms with Crippen LogP contribution in [0.2, 0.25) is 16.6 Å². The van der Waals surface area contributed by atoms with Crippen LogP contribution in [0, 0.1) is 0 Å². The molecule has 1 aliphatic carbocycles. The summed E-state index contributed by atoms with van der Waals surface area (Å²) in [7, 11) is -2.16. The van der Waals surface area contributed by atoms with E-state index in [4.69, 9.17) is 9.16 Å². The molecule has 2 heterocycles. The molecule has 0 amide bonds. The second-order valence-electron chi connectivity index (χ2n) is 14.3. The lowest BCUT2D eigenvalue weighted by Gasteiger charge is -2.45. The second kappa shape index (κ2) is 11.5. The van der Waals surface area contributed by atoms with E-state index in [0.717, 1.165) is 44.9 Å². The summed E-state index contributed by atoms with van der Waals surface area (Å²) in [5.41, 5.74) is 6.29. The van der Waals surface area contributed by atoms with Gasteiger partial charge in [0, 0.05) is 28.7 Å². The number of hydrogen-bond donors (Lipinski definition) is 2. The number of fused-ring (bicyclic) bond motifs is 5. The Hall–Kier alpha value is -3.90. The summed E-state index contributed by atoms with van der Waals surface area (Å²) in [5.74, 6) is 1.31. The van der Waals surface area contributed by atoms with Crippen LogP contribution in [0.3, 0.4) is 0 Å². The highest BCUT2D eigenvalue weighted by Gasteiger charge is 2.50. The Morgan fingerprint density at radius 1 is 0.800 bits per heavy atom. The number of aromatic hydroxyl groups is 2. The Bertz CT molecular complexity index is 1700. The van der Waals surface area contributed by atoms with E-state index >= 15 is 0 Å². The van der Waals surface area contributed by atoms with E-state index in [9.17, 15) is 10.2 Å². The van der Waals surface area contributed by atoms with Gasteiger partial charge in [-0.3, -0.25) is 4.57 Å². The van der Waals surface area contributed by atoms with Crippen LogP contribution in [0.15, 0.2) is 84.9 Å². The molecule has 3 aromatic carbocycles. The molecule has 6 rings (SSSR count). The Morgan fingerprint density at radius 2 is 1.38 bits per heavy atom. The lowest BCUT2D eigenvalue weighted by molar-refractivity contribution is 0.0860. The third-order valence-corrected chi connectivity index (χ3v) is 16.2. The van der Waals surface area contributed by atoms with E-state index in [-0.39, 0.29) is 23.6 Å². The maximum Gasteiger partial charge on any atom is 0.258 e. The summed E-state index contributed by atoms with van der Waals surface area (Å²) in [6, 6.07) is 26.5. The van der Waals surface area contributed by atoms with E-state index in [0.29, 0.717) is 23.2 Å². The number of ether oxygens (including phenoxy) is 1. The van der Waals surface area contributed by atoms with Crippen LogP contribution in [0.25, 0.3) is 5.57 Å². The predicted molar refractivity (Wildman–Crippen MR) is 185 cm³/mol. The second-order valence-corrected chi connectivity index (χ2v) is 19.6. The molecule has 236 valence electrons. The minimum absolute atomic E-state index is 0.0875. The average molecular weight is 622 g/mol. The zero-order chi connectivity index (χ0) is 32.3. The molecular weight excluding hydrogens is 575 g/mol. The van der Waals surface area contributed by atoms with Crippen molar-refractivity contribution in [3.05, 3.63) is 113 Å². The van der Waals surface area contributed by atoms with Crippen molar-refractivity contribution in [3.63, 3.8) is 0 Å². The van der Waals surface area contributed by atoms with Crippen molar-refractivity contribution < 1.29 is 19.4 Å². The number of allylic oxidation sites excluding steroid dienone is 1. The van der Waals surface area contributed by atoms with Crippen molar-refractivity contribution in [2.75, 3.05) is 0 Å². The smallest absolute Gasteiger partial charge is 0.258 e. The monoisotopic (exact) mass is 621 g/mol. The standard InChI is InChI=1S/C39H47NO4Si/c1-24(2)45(25(3)4,26(5)6)44-29-19-20-30-32-22-31(28-17-13-10-14-18-28)34-35(36(32)39(7,8)43-33(30)21-29)38(42)40(37(34)41)23-27-15-11-9-12-16-27/h9-22,24-26,31,36,41-42H,23H2,1-8H3/t31-,36-/m1/s1.